The lowest BCUT2D eigenvalue weighted by Crippen LogP contribution is -2.36. The molecule has 0 fully saturated rings. The third kappa shape index (κ3) is 5.37. The van der Waals surface area contributed by atoms with Gasteiger partial charge in [0.15, 0.2) is 17.2 Å². The molecule has 182 valence electrons. The number of hydrogen-bond acceptors (Lipinski definition) is 7. The minimum absolute atomic E-state index is 0.134. The normalized spacial score (nSPS) is 12.6. The van der Waals surface area contributed by atoms with E-state index in [2.05, 4.69) is 10.6 Å². The van der Waals surface area contributed by atoms with Gasteiger partial charge in [-0.15, -0.1) is 0 Å². The zero-order valence-corrected chi connectivity index (χ0v) is 19.2. The van der Waals surface area contributed by atoms with E-state index in [0.717, 1.165) is 11.1 Å². The number of ether oxygens (including phenoxy) is 3. The predicted octanol–water partition coefficient (Wildman–Crippen LogP) is 3.30. The minimum atomic E-state index is -0.766. The Kier molecular flexibility index (Phi) is 6.91. The van der Waals surface area contributed by atoms with Gasteiger partial charge in [-0.3, -0.25) is 9.59 Å². The number of benzene rings is 2. The zero-order valence-electron chi connectivity index (χ0n) is 19.2. The minimum Gasteiger partial charge on any atom is -0.505 e. The number of esters is 1. The third-order valence-corrected chi connectivity index (χ3v) is 5.46. The van der Waals surface area contributed by atoms with Crippen molar-refractivity contribution in [3.05, 3.63) is 70.6 Å². The highest BCUT2D eigenvalue weighted by Crippen LogP contribution is 2.36. The Morgan fingerprint density at radius 2 is 1.89 bits per heavy atom. The summed E-state index contributed by atoms with van der Waals surface area (Å²) in [6, 6.07) is 12.7. The van der Waals surface area contributed by atoms with Crippen LogP contribution in [0.1, 0.15) is 24.9 Å². The molecule has 3 aromatic rings. The molecule has 0 saturated carbocycles. The largest absolute Gasteiger partial charge is 0.505 e. The van der Waals surface area contributed by atoms with E-state index in [1.807, 2.05) is 36.4 Å². The third-order valence-electron chi connectivity index (χ3n) is 5.46. The van der Waals surface area contributed by atoms with Crippen molar-refractivity contribution < 1.29 is 28.9 Å². The zero-order chi connectivity index (χ0) is 24.9. The maximum Gasteiger partial charge on any atom is 0.319 e. The van der Waals surface area contributed by atoms with Crippen molar-refractivity contribution in [2.75, 3.05) is 18.7 Å². The quantitative estimate of drug-likeness (QED) is 0.444. The monoisotopic (exact) mass is 479 g/mol. The molecule has 35 heavy (non-hydrogen) atoms. The molecule has 1 atom stereocenters. The summed E-state index contributed by atoms with van der Waals surface area (Å²) in [5.41, 5.74) is 1.51. The number of aryl methyl sites for hydroxylation is 1. The molecule has 2 aromatic carbocycles. The lowest BCUT2D eigenvalue weighted by Gasteiger charge is -2.20. The molecule has 2 heterocycles. The maximum absolute atomic E-state index is 12.8. The van der Waals surface area contributed by atoms with E-state index in [1.165, 1.54) is 23.9 Å². The summed E-state index contributed by atoms with van der Waals surface area (Å²) in [4.78, 5) is 37.3. The number of carbonyl (C=O) groups is 2. The highest BCUT2D eigenvalue weighted by Gasteiger charge is 2.22. The van der Waals surface area contributed by atoms with Crippen molar-refractivity contribution in [1.29, 1.82) is 0 Å². The first-order chi connectivity index (χ1) is 16.9. The second-order valence-electron chi connectivity index (χ2n) is 7.85. The Morgan fingerprint density at radius 1 is 1.11 bits per heavy atom. The van der Waals surface area contributed by atoms with Crippen LogP contribution in [0, 0.1) is 0 Å². The van der Waals surface area contributed by atoms with Crippen LogP contribution in [0.25, 0.3) is 11.1 Å². The lowest BCUT2D eigenvalue weighted by molar-refractivity contribution is -0.143. The first-order valence-corrected chi connectivity index (χ1v) is 11.0. The molecule has 10 nitrogen and oxygen atoms in total. The van der Waals surface area contributed by atoms with Gasteiger partial charge in [0.05, 0.1) is 19.1 Å². The summed E-state index contributed by atoms with van der Waals surface area (Å²) < 4.78 is 17.1. The number of urea groups is 1. The predicted molar refractivity (Wildman–Crippen MR) is 127 cm³/mol. The van der Waals surface area contributed by atoms with Crippen LogP contribution >= 0.6 is 0 Å². The average Bonchev–Trinajstić information content (AvgIpc) is 3.32. The fourth-order valence-electron chi connectivity index (χ4n) is 3.69. The van der Waals surface area contributed by atoms with E-state index in [-0.39, 0.29) is 31.3 Å². The molecule has 1 aliphatic heterocycles. The number of anilines is 1. The second-order valence-corrected chi connectivity index (χ2v) is 7.85. The van der Waals surface area contributed by atoms with Gasteiger partial charge in [-0.05, 0) is 47.9 Å². The van der Waals surface area contributed by atoms with Crippen molar-refractivity contribution in [2.24, 2.45) is 7.05 Å². The number of hydrogen-bond donors (Lipinski definition) is 3. The number of carbonyl (C=O) groups excluding carboxylic acids is 2. The maximum atomic E-state index is 12.8. The second kappa shape index (κ2) is 10.2. The summed E-state index contributed by atoms with van der Waals surface area (Å²) in [6.45, 7) is 2.06. The summed E-state index contributed by atoms with van der Waals surface area (Å²) in [7, 11) is 1.50. The van der Waals surface area contributed by atoms with E-state index >= 15 is 0 Å². The standard InChI is InChI=1S/C25H25N3O7/c1-3-33-22(30)13-18(26-25(32)27-23-19(29)9-10-28(2)24(23)31)17-6-4-5-15(11-17)16-7-8-20-21(12-16)35-14-34-20/h4-12,18,29H,3,13-14H2,1-2H3,(H2,26,27,32)/t18-/m0/s1. The molecule has 0 aliphatic carbocycles. The van der Waals surface area contributed by atoms with Gasteiger partial charge in [-0.2, -0.15) is 0 Å². The molecule has 0 unspecified atom stereocenters. The van der Waals surface area contributed by atoms with Gasteiger partial charge in [0.2, 0.25) is 6.79 Å². The molecule has 1 aromatic heterocycles. The molecule has 4 rings (SSSR count). The Morgan fingerprint density at radius 3 is 2.69 bits per heavy atom. The van der Waals surface area contributed by atoms with E-state index in [0.29, 0.717) is 17.1 Å². The van der Waals surface area contributed by atoms with Gasteiger partial charge in [0, 0.05) is 13.2 Å². The van der Waals surface area contributed by atoms with Crippen LogP contribution in [-0.4, -0.2) is 35.1 Å². The number of fused-ring (bicyclic) bond motifs is 1. The summed E-state index contributed by atoms with van der Waals surface area (Å²) in [5, 5.41) is 15.1. The molecule has 1 aliphatic rings. The van der Waals surface area contributed by atoms with Crippen molar-refractivity contribution >= 4 is 17.7 Å². The van der Waals surface area contributed by atoms with Crippen LogP contribution < -0.4 is 25.7 Å². The van der Waals surface area contributed by atoms with Gasteiger partial charge >= 0.3 is 12.0 Å². The van der Waals surface area contributed by atoms with Crippen molar-refractivity contribution in [3.63, 3.8) is 0 Å². The Balaban J connectivity index is 1.60. The molecule has 3 N–H and O–H groups in total. The van der Waals surface area contributed by atoms with Crippen molar-refractivity contribution in [3.8, 4) is 28.4 Å². The van der Waals surface area contributed by atoms with E-state index < -0.39 is 23.6 Å². The van der Waals surface area contributed by atoms with Gasteiger partial charge in [0.25, 0.3) is 5.56 Å². The number of nitrogens with one attached hydrogen (secondary N) is 2. The Hall–Kier alpha value is -4.47. The highest BCUT2D eigenvalue weighted by molar-refractivity contribution is 5.91. The molecule has 0 saturated heterocycles. The Labute approximate surface area is 201 Å². The van der Waals surface area contributed by atoms with E-state index in [1.54, 1.807) is 13.0 Å². The highest BCUT2D eigenvalue weighted by atomic mass is 16.7. The van der Waals surface area contributed by atoms with E-state index in [9.17, 15) is 19.5 Å². The number of rotatable bonds is 7. The molecule has 0 spiro atoms. The molecular weight excluding hydrogens is 454 g/mol. The lowest BCUT2D eigenvalue weighted by atomic mass is 9.97. The van der Waals surface area contributed by atoms with Gasteiger partial charge < -0.3 is 34.5 Å². The molecule has 2 amide bonds. The topological polar surface area (TPSA) is 128 Å². The molecule has 0 radical (unpaired) electrons. The number of pyridine rings is 1. The molecular formula is C25H25N3O7. The summed E-state index contributed by atoms with van der Waals surface area (Å²) in [6.07, 6.45) is 1.25. The van der Waals surface area contributed by atoms with Crippen LogP contribution in [0.5, 0.6) is 17.2 Å². The van der Waals surface area contributed by atoms with E-state index in [4.69, 9.17) is 14.2 Å². The van der Waals surface area contributed by atoms with Crippen LogP contribution in [0.3, 0.4) is 0 Å². The SMILES string of the molecule is CCOC(=O)C[C@H](NC(=O)Nc1c(O)ccn(C)c1=O)c1cccc(-c2ccc3c(c2)OCO3)c1. The van der Waals surface area contributed by atoms with Crippen LogP contribution in [0.4, 0.5) is 10.5 Å². The number of amides is 2. The van der Waals surface area contributed by atoms with Crippen LogP contribution in [-0.2, 0) is 16.6 Å². The van der Waals surface area contributed by atoms with Crippen molar-refractivity contribution in [2.45, 2.75) is 19.4 Å². The van der Waals surface area contributed by atoms with Crippen LogP contribution in [0.2, 0.25) is 0 Å². The van der Waals surface area contributed by atoms with Gasteiger partial charge in [-0.1, -0.05) is 24.3 Å². The average molecular weight is 479 g/mol. The number of aromatic nitrogens is 1. The smallest absolute Gasteiger partial charge is 0.319 e. The van der Waals surface area contributed by atoms with Crippen molar-refractivity contribution in [1.82, 2.24) is 9.88 Å². The first-order valence-electron chi connectivity index (χ1n) is 11.0. The Bertz CT molecular complexity index is 1320. The van der Waals surface area contributed by atoms with Crippen LogP contribution in [0.15, 0.2) is 59.5 Å². The summed E-state index contributed by atoms with van der Waals surface area (Å²) in [5.74, 6) is 0.441. The number of nitrogens with zero attached hydrogens (tertiary/aromatic N) is 1. The first kappa shape index (κ1) is 23.7. The fourth-order valence-corrected chi connectivity index (χ4v) is 3.69. The number of aromatic hydroxyl groups is 1. The van der Waals surface area contributed by atoms with Gasteiger partial charge in [0.1, 0.15) is 5.75 Å². The summed E-state index contributed by atoms with van der Waals surface area (Å²) >= 11 is 0. The molecule has 0 bridgehead atoms. The fraction of sp³-hybridized carbons (Fsp3) is 0.240. The van der Waals surface area contributed by atoms with Gasteiger partial charge in [-0.25, -0.2) is 4.79 Å². The molecule has 10 heteroatoms.